The van der Waals surface area contributed by atoms with Gasteiger partial charge in [-0.05, 0) is 51.8 Å². The van der Waals surface area contributed by atoms with E-state index in [1.165, 1.54) is 5.56 Å². The number of amides is 1. The number of carbonyl (C=O) groups excluding carboxylic acids is 1. The lowest BCUT2D eigenvalue weighted by Crippen LogP contribution is -2.44. The molecule has 1 aliphatic heterocycles. The molecule has 0 bridgehead atoms. The summed E-state index contributed by atoms with van der Waals surface area (Å²) < 4.78 is 0. The Morgan fingerprint density at radius 2 is 2.15 bits per heavy atom. The van der Waals surface area contributed by atoms with E-state index >= 15 is 0 Å². The second kappa shape index (κ2) is 7.44. The smallest absolute Gasteiger partial charge is 0.224 e. The molecule has 1 aliphatic rings. The van der Waals surface area contributed by atoms with Crippen molar-refractivity contribution in [3.05, 3.63) is 35.9 Å². The summed E-state index contributed by atoms with van der Waals surface area (Å²) in [6, 6.07) is 10.7. The van der Waals surface area contributed by atoms with E-state index in [0.29, 0.717) is 0 Å². The molecule has 1 aromatic rings. The van der Waals surface area contributed by atoms with Crippen LogP contribution in [-0.2, 0) is 11.2 Å². The molecule has 0 saturated carbocycles. The highest BCUT2D eigenvalue weighted by molar-refractivity contribution is 5.79. The molecule has 0 aromatic heterocycles. The van der Waals surface area contributed by atoms with Crippen molar-refractivity contribution in [3.8, 4) is 0 Å². The van der Waals surface area contributed by atoms with E-state index in [9.17, 15) is 4.79 Å². The first-order valence-corrected chi connectivity index (χ1v) is 7.68. The predicted octanol–water partition coefficient (Wildman–Crippen LogP) is 2.47. The van der Waals surface area contributed by atoms with Crippen LogP contribution in [-0.4, -0.2) is 37.0 Å². The quantitative estimate of drug-likeness (QED) is 0.894. The number of benzene rings is 1. The molecule has 0 aliphatic carbocycles. The van der Waals surface area contributed by atoms with Crippen LogP contribution in [0.5, 0.6) is 0 Å². The molecule has 3 nitrogen and oxygen atoms in total. The van der Waals surface area contributed by atoms with Gasteiger partial charge >= 0.3 is 0 Å². The van der Waals surface area contributed by atoms with Gasteiger partial charge in [-0.3, -0.25) is 4.79 Å². The Balaban J connectivity index is 1.73. The lowest BCUT2D eigenvalue weighted by molar-refractivity contribution is -0.127. The van der Waals surface area contributed by atoms with Gasteiger partial charge in [-0.25, -0.2) is 0 Å². The zero-order valence-electron chi connectivity index (χ0n) is 12.6. The summed E-state index contributed by atoms with van der Waals surface area (Å²) >= 11 is 0. The summed E-state index contributed by atoms with van der Waals surface area (Å²) in [6.07, 6.45) is 4.18. The van der Waals surface area contributed by atoms with Gasteiger partial charge in [0.1, 0.15) is 0 Å². The first-order chi connectivity index (χ1) is 9.65. The first-order valence-electron chi connectivity index (χ1n) is 7.68. The maximum atomic E-state index is 12.2. The van der Waals surface area contributed by atoms with Crippen LogP contribution in [0.1, 0.15) is 31.7 Å². The molecular formula is C17H26N2O. The van der Waals surface area contributed by atoms with Crippen molar-refractivity contribution in [2.45, 2.75) is 38.6 Å². The summed E-state index contributed by atoms with van der Waals surface area (Å²) in [5.74, 6) is 0.407. The molecular weight excluding hydrogens is 248 g/mol. The Labute approximate surface area is 122 Å². The van der Waals surface area contributed by atoms with Gasteiger partial charge in [0, 0.05) is 12.6 Å². The van der Waals surface area contributed by atoms with Crippen molar-refractivity contribution in [2.24, 2.45) is 5.92 Å². The van der Waals surface area contributed by atoms with Crippen molar-refractivity contribution in [1.29, 1.82) is 0 Å². The number of nitrogens with zero attached hydrogens (tertiary/aromatic N) is 1. The third-order valence-electron chi connectivity index (χ3n) is 4.09. The molecule has 2 atom stereocenters. The Hall–Kier alpha value is -1.35. The second-order valence-electron chi connectivity index (χ2n) is 6.04. The average molecular weight is 274 g/mol. The summed E-state index contributed by atoms with van der Waals surface area (Å²) in [4.78, 5) is 14.5. The molecule has 1 fully saturated rings. The fraction of sp³-hybridized carbons (Fsp3) is 0.588. The van der Waals surface area contributed by atoms with Crippen LogP contribution in [0.25, 0.3) is 0 Å². The zero-order chi connectivity index (χ0) is 14.4. The van der Waals surface area contributed by atoms with Gasteiger partial charge in [-0.2, -0.15) is 0 Å². The SMILES string of the molecule is C[C@@H](CCc1ccccc1)NC(=O)[C@@H]1CCCN(C)C1. The standard InChI is InChI=1S/C17H26N2O/c1-14(10-11-15-7-4-3-5-8-15)18-17(20)16-9-6-12-19(2)13-16/h3-5,7-8,14,16H,6,9-13H2,1-2H3,(H,18,20)/t14-,16+/m0/s1. The fourth-order valence-electron chi connectivity index (χ4n) is 2.84. The summed E-state index contributed by atoms with van der Waals surface area (Å²) in [5, 5.41) is 3.17. The number of rotatable bonds is 5. The minimum atomic E-state index is 0.174. The van der Waals surface area contributed by atoms with E-state index in [4.69, 9.17) is 0 Å². The molecule has 1 saturated heterocycles. The third-order valence-corrected chi connectivity index (χ3v) is 4.09. The van der Waals surface area contributed by atoms with Crippen LogP contribution in [0.15, 0.2) is 30.3 Å². The highest BCUT2D eigenvalue weighted by Crippen LogP contribution is 2.15. The fourth-order valence-corrected chi connectivity index (χ4v) is 2.84. The minimum absolute atomic E-state index is 0.174. The Bertz CT molecular complexity index is 418. The Morgan fingerprint density at radius 3 is 2.85 bits per heavy atom. The lowest BCUT2D eigenvalue weighted by Gasteiger charge is -2.29. The van der Waals surface area contributed by atoms with E-state index in [0.717, 1.165) is 38.8 Å². The van der Waals surface area contributed by atoms with Crippen LogP contribution in [0, 0.1) is 5.92 Å². The molecule has 0 unspecified atom stereocenters. The summed E-state index contributed by atoms with van der Waals surface area (Å²) in [5.41, 5.74) is 1.34. The molecule has 1 heterocycles. The van der Waals surface area contributed by atoms with Crippen molar-refractivity contribution < 1.29 is 4.79 Å². The van der Waals surface area contributed by atoms with E-state index in [-0.39, 0.29) is 17.9 Å². The van der Waals surface area contributed by atoms with E-state index in [2.05, 4.69) is 48.5 Å². The number of nitrogens with one attached hydrogen (secondary N) is 1. The van der Waals surface area contributed by atoms with Crippen LogP contribution in [0.2, 0.25) is 0 Å². The molecule has 3 heteroatoms. The van der Waals surface area contributed by atoms with E-state index < -0.39 is 0 Å². The largest absolute Gasteiger partial charge is 0.353 e. The Morgan fingerprint density at radius 1 is 1.40 bits per heavy atom. The topological polar surface area (TPSA) is 32.3 Å². The highest BCUT2D eigenvalue weighted by Gasteiger charge is 2.24. The number of piperidine rings is 1. The van der Waals surface area contributed by atoms with Crippen molar-refractivity contribution >= 4 is 5.91 Å². The van der Waals surface area contributed by atoms with E-state index in [1.54, 1.807) is 0 Å². The van der Waals surface area contributed by atoms with Gasteiger partial charge < -0.3 is 10.2 Å². The predicted molar refractivity (Wildman–Crippen MR) is 82.6 cm³/mol. The number of hydrogen-bond acceptors (Lipinski definition) is 2. The molecule has 20 heavy (non-hydrogen) atoms. The molecule has 0 spiro atoms. The highest BCUT2D eigenvalue weighted by atomic mass is 16.2. The maximum Gasteiger partial charge on any atom is 0.224 e. The van der Waals surface area contributed by atoms with Crippen LogP contribution >= 0.6 is 0 Å². The number of likely N-dealkylation sites (tertiary alicyclic amines) is 1. The van der Waals surface area contributed by atoms with Crippen molar-refractivity contribution in [3.63, 3.8) is 0 Å². The van der Waals surface area contributed by atoms with Gasteiger partial charge in [0.25, 0.3) is 0 Å². The lowest BCUT2D eigenvalue weighted by atomic mass is 9.97. The Kier molecular flexibility index (Phi) is 5.60. The van der Waals surface area contributed by atoms with Crippen LogP contribution in [0.4, 0.5) is 0 Å². The van der Waals surface area contributed by atoms with Crippen molar-refractivity contribution in [2.75, 3.05) is 20.1 Å². The minimum Gasteiger partial charge on any atom is -0.353 e. The maximum absolute atomic E-state index is 12.2. The zero-order valence-corrected chi connectivity index (χ0v) is 12.6. The molecule has 1 aromatic carbocycles. The monoisotopic (exact) mass is 274 g/mol. The molecule has 2 rings (SSSR count). The third kappa shape index (κ3) is 4.64. The van der Waals surface area contributed by atoms with Crippen molar-refractivity contribution in [1.82, 2.24) is 10.2 Å². The van der Waals surface area contributed by atoms with Gasteiger partial charge in [0.15, 0.2) is 0 Å². The van der Waals surface area contributed by atoms with Crippen LogP contribution < -0.4 is 5.32 Å². The normalized spacial score (nSPS) is 21.4. The number of hydrogen-bond donors (Lipinski definition) is 1. The summed E-state index contributed by atoms with van der Waals surface area (Å²) in [6.45, 7) is 4.12. The van der Waals surface area contributed by atoms with Crippen LogP contribution in [0.3, 0.4) is 0 Å². The second-order valence-corrected chi connectivity index (χ2v) is 6.04. The van der Waals surface area contributed by atoms with Gasteiger partial charge in [0.2, 0.25) is 5.91 Å². The van der Waals surface area contributed by atoms with E-state index in [1.807, 2.05) is 6.07 Å². The van der Waals surface area contributed by atoms with Gasteiger partial charge in [-0.1, -0.05) is 30.3 Å². The molecule has 110 valence electrons. The van der Waals surface area contributed by atoms with Gasteiger partial charge in [-0.15, -0.1) is 0 Å². The molecule has 0 radical (unpaired) electrons. The molecule has 1 N–H and O–H groups in total. The summed E-state index contributed by atoms with van der Waals surface area (Å²) in [7, 11) is 2.10. The molecule has 1 amide bonds. The first kappa shape index (κ1) is 15.0. The van der Waals surface area contributed by atoms with Gasteiger partial charge in [0.05, 0.1) is 5.92 Å². The number of aryl methyl sites for hydroxylation is 1. The average Bonchev–Trinajstić information content (AvgIpc) is 2.46. The number of carbonyl (C=O) groups is 1.